The Labute approximate surface area is 91.8 Å². The third-order valence-corrected chi connectivity index (χ3v) is 4.20. The van der Waals surface area contributed by atoms with Crippen molar-refractivity contribution >= 4 is 45.8 Å². The summed E-state index contributed by atoms with van der Waals surface area (Å²) in [6, 6.07) is 6.61. The van der Waals surface area contributed by atoms with Crippen molar-refractivity contribution in [1.82, 2.24) is 0 Å². The molecule has 0 unspecified atom stereocenters. The molecule has 0 amide bonds. The van der Waals surface area contributed by atoms with Crippen LogP contribution in [0.1, 0.15) is 5.56 Å². The zero-order chi connectivity index (χ0) is 9.42. The van der Waals surface area contributed by atoms with Crippen LogP contribution in [-0.2, 0) is 0 Å². The Morgan fingerprint density at radius 2 is 2.08 bits per heavy atom. The smallest absolute Gasteiger partial charge is 0.0580 e. The van der Waals surface area contributed by atoms with Gasteiger partial charge in [0.15, 0.2) is 0 Å². The van der Waals surface area contributed by atoms with Crippen LogP contribution in [0, 0.1) is 6.92 Å². The number of aryl methyl sites for hydroxylation is 1. The maximum Gasteiger partial charge on any atom is 0.0580 e. The van der Waals surface area contributed by atoms with Gasteiger partial charge in [0.25, 0.3) is 0 Å². The number of hydrogen-bond donors (Lipinski definition) is 1. The van der Waals surface area contributed by atoms with E-state index in [1.54, 1.807) is 23.1 Å². The molecule has 68 valence electrons. The zero-order valence-corrected chi connectivity index (χ0v) is 10.0. The lowest BCUT2D eigenvalue weighted by atomic mass is 10.2. The number of thiophene rings is 1. The van der Waals surface area contributed by atoms with E-state index in [1.807, 2.05) is 0 Å². The molecule has 3 heteroatoms. The summed E-state index contributed by atoms with van der Waals surface area (Å²) in [6.07, 6.45) is 2.11. The van der Waals surface area contributed by atoms with E-state index in [9.17, 15) is 0 Å². The van der Waals surface area contributed by atoms with E-state index in [2.05, 4.69) is 44.0 Å². The van der Waals surface area contributed by atoms with Gasteiger partial charge in [0, 0.05) is 9.60 Å². The third-order valence-electron chi connectivity index (χ3n) is 2.02. The van der Waals surface area contributed by atoms with E-state index in [4.69, 9.17) is 0 Å². The molecule has 0 fully saturated rings. The van der Waals surface area contributed by atoms with Crippen LogP contribution in [0.3, 0.4) is 0 Å². The average molecular weight is 226 g/mol. The van der Waals surface area contributed by atoms with Gasteiger partial charge in [-0.3, -0.25) is 0 Å². The molecule has 1 aromatic carbocycles. The molecule has 2 rings (SSSR count). The van der Waals surface area contributed by atoms with Crippen LogP contribution in [0.2, 0.25) is 0 Å². The van der Waals surface area contributed by atoms with Crippen LogP contribution in [0.15, 0.2) is 27.3 Å². The van der Waals surface area contributed by atoms with Gasteiger partial charge in [0.2, 0.25) is 0 Å². The summed E-state index contributed by atoms with van der Waals surface area (Å²) in [5.74, 6) is 0. The van der Waals surface area contributed by atoms with Crippen molar-refractivity contribution < 1.29 is 0 Å². The molecule has 0 saturated heterocycles. The van der Waals surface area contributed by atoms with Crippen LogP contribution in [0.4, 0.5) is 0 Å². The molecule has 1 aromatic heterocycles. The van der Waals surface area contributed by atoms with E-state index in [0.717, 1.165) is 4.21 Å². The van der Waals surface area contributed by atoms with E-state index in [-0.39, 0.29) is 0 Å². The first-order valence-electron chi connectivity index (χ1n) is 3.98. The summed E-state index contributed by atoms with van der Waals surface area (Å²) >= 11 is 7.89. The summed E-state index contributed by atoms with van der Waals surface area (Å²) in [5, 5.41) is 1.31. The van der Waals surface area contributed by atoms with Crippen LogP contribution in [0.5, 0.6) is 0 Å². The molecular weight excluding hydrogens is 216 g/mol. The van der Waals surface area contributed by atoms with E-state index in [1.165, 1.54) is 20.5 Å². The first-order valence-corrected chi connectivity index (χ1v) is 6.46. The summed E-state index contributed by atoms with van der Waals surface area (Å²) in [7, 11) is 0. The molecule has 0 aliphatic heterocycles. The Hall–Kier alpha value is -0.120. The number of benzene rings is 1. The predicted molar refractivity (Wildman–Crippen MR) is 65.6 cm³/mol. The second kappa shape index (κ2) is 3.56. The summed E-state index contributed by atoms with van der Waals surface area (Å²) in [4.78, 5) is 1.36. The number of fused-ring (bicyclic) bond motifs is 1. The van der Waals surface area contributed by atoms with Crippen LogP contribution in [0.25, 0.3) is 10.1 Å². The second-order valence-corrected chi connectivity index (χ2v) is 5.66. The minimum absolute atomic E-state index is 1.09. The first kappa shape index (κ1) is 9.44. The molecule has 0 N–H and O–H groups in total. The van der Waals surface area contributed by atoms with E-state index in [0.29, 0.717) is 0 Å². The van der Waals surface area contributed by atoms with Crippen LogP contribution < -0.4 is 0 Å². The van der Waals surface area contributed by atoms with E-state index < -0.39 is 0 Å². The monoisotopic (exact) mass is 226 g/mol. The standard InChI is InChI=1S/C10H10S3/c1-6-3-9-7(4-8(6)12-2)5-10(11)13-9/h3-5,11H,1-2H3. The van der Waals surface area contributed by atoms with Gasteiger partial charge in [0.05, 0.1) is 4.21 Å². The van der Waals surface area contributed by atoms with Crippen LogP contribution in [-0.4, -0.2) is 6.26 Å². The topological polar surface area (TPSA) is 0 Å². The van der Waals surface area contributed by atoms with Crippen molar-refractivity contribution in [3.8, 4) is 0 Å². The van der Waals surface area contributed by atoms with Crippen molar-refractivity contribution in [3.05, 3.63) is 23.8 Å². The van der Waals surface area contributed by atoms with Gasteiger partial charge in [0.1, 0.15) is 0 Å². The number of thiol groups is 1. The highest BCUT2D eigenvalue weighted by molar-refractivity contribution is 7.98. The molecule has 1 heterocycles. The van der Waals surface area contributed by atoms with Gasteiger partial charge >= 0.3 is 0 Å². The second-order valence-electron chi connectivity index (χ2n) is 2.94. The molecule has 0 spiro atoms. The molecule has 0 aliphatic rings. The molecule has 13 heavy (non-hydrogen) atoms. The molecule has 0 radical (unpaired) electrons. The lowest BCUT2D eigenvalue weighted by Gasteiger charge is -2.01. The fourth-order valence-electron chi connectivity index (χ4n) is 1.37. The predicted octanol–water partition coefficient (Wildman–Crippen LogP) is 4.22. The Morgan fingerprint density at radius 3 is 2.77 bits per heavy atom. The van der Waals surface area contributed by atoms with Crippen molar-refractivity contribution in [1.29, 1.82) is 0 Å². The Bertz CT molecular complexity index is 443. The average Bonchev–Trinajstić information content (AvgIpc) is 2.42. The summed E-state index contributed by atoms with van der Waals surface area (Å²) in [5.41, 5.74) is 1.36. The maximum absolute atomic E-state index is 4.35. The summed E-state index contributed by atoms with van der Waals surface area (Å²) < 4.78 is 2.42. The highest BCUT2D eigenvalue weighted by atomic mass is 32.2. The highest BCUT2D eigenvalue weighted by Gasteiger charge is 2.03. The minimum Gasteiger partial charge on any atom is -0.133 e. The minimum atomic E-state index is 1.09. The number of rotatable bonds is 1. The SMILES string of the molecule is CSc1cc2cc(S)sc2cc1C. The molecule has 0 atom stereocenters. The summed E-state index contributed by atoms with van der Waals surface area (Å²) in [6.45, 7) is 2.16. The molecule has 0 saturated carbocycles. The van der Waals surface area contributed by atoms with E-state index >= 15 is 0 Å². The highest BCUT2D eigenvalue weighted by Crippen LogP contribution is 2.32. The fourth-order valence-corrected chi connectivity index (χ4v) is 3.32. The van der Waals surface area contributed by atoms with Crippen molar-refractivity contribution in [2.24, 2.45) is 0 Å². The van der Waals surface area contributed by atoms with Crippen molar-refractivity contribution in [3.63, 3.8) is 0 Å². The molecular formula is C10H10S3. The van der Waals surface area contributed by atoms with Crippen molar-refractivity contribution in [2.75, 3.05) is 6.26 Å². The lowest BCUT2D eigenvalue weighted by molar-refractivity contribution is 1.34. The van der Waals surface area contributed by atoms with Gasteiger partial charge in [-0.15, -0.1) is 35.7 Å². The zero-order valence-electron chi connectivity index (χ0n) is 7.50. The van der Waals surface area contributed by atoms with Crippen molar-refractivity contribution in [2.45, 2.75) is 16.0 Å². The van der Waals surface area contributed by atoms with Gasteiger partial charge in [-0.1, -0.05) is 0 Å². The molecule has 0 aliphatic carbocycles. The molecule has 2 aromatic rings. The Kier molecular flexibility index (Phi) is 2.58. The van der Waals surface area contributed by atoms with Gasteiger partial charge < -0.3 is 0 Å². The number of hydrogen-bond acceptors (Lipinski definition) is 3. The normalized spacial score (nSPS) is 11.0. The third kappa shape index (κ3) is 1.73. The molecule has 0 bridgehead atoms. The Balaban J connectivity index is 2.72. The largest absolute Gasteiger partial charge is 0.133 e. The van der Waals surface area contributed by atoms with Crippen LogP contribution >= 0.6 is 35.7 Å². The van der Waals surface area contributed by atoms with Gasteiger partial charge in [-0.25, -0.2) is 0 Å². The lowest BCUT2D eigenvalue weighted by Crippen LogP contribution is -1.76. The number of thioether (sulfide) groups is 1. The molecule has 0 nitrogen and oxygen atoms in total. The maximum atomic E-state index is 4.35. The first-order chi connectivity index (χ1) is 6.20. The Morgan fingerprint density at radius 1 is 1.31 bits per heavy atom. The quantitative estimate of drug-likeness (QED) is 0.561. The fraction of sp³-hybridized carbons (Fsp3) is 0.200. The van der Waals surface area contributed by atoms with Gasteiger partial charge in [-0.2, -0.15) is 0 Å². The van der Waals surface area contributed by atoms with Gasteiger partial charge in [-0.05, 0) is 42.3 Å².